The summed E-state index contributed by atoms with van der Waals surface area (Å²) in [5.41, 5.74) is 0. The van der Waals surface area contributed by atoms with Crippen molar-refractivity contribution in [3.63, 3.8) is 0 Å². The minimum Gasteiger partial charge on any atom is -0.458 e. The number of carbonyl (C=O) groups excluding carboxylic acids is 2. The summed E-state index contributed by atoms with van der Waals surface area (Å²) in [6.45, 7) is 4.51. The summed E-state index contributed by atoms with van der Waals surface area (Å²) >= 11 is 3.36. The molecule has 0 saturated carbocycles. The lowest BCUT2D eigenvalue weighted by Gasteiger charge is -2.45. The Hall–Kier alpha value is -0.180. The first kappa shape index (κ1) is 19.8. The van der Waals surface area contributed by atoms with Crippen molar-refractivity contribution in [1.82, 2.24) is 4.90 Å². The smallest absolute Gasteiger partial charge is 0.303 e. The lowest BCUT2D eigenvalue weighted by molar-refractivity contribution is -0.203. The number of hydrogen-bond acceptors (Lipinski definition) is 6. The van der Waals surface area contributed by atoms with Crippen molar-refractivity contribution >= 4 is 44.9 Å². The van der Waals surface area contributed by atoms with Crippen molar-refractivity contribution in [2.75, 3.05) is 14.1 Å². The van der Waals surface area contributed by atoms with E-state index in [2.05, 4.69) is 15.9 Å². The van der Waals surface area contributed by atoms with Gasteiger partial charge in [0.2, 0.25) is 0 Å². The van der Waals surface area contributed by atoms with Crippen LogP contribution in [0, 0.1) is 0 Å². The second-order valence-corrected chi connectivity index (χ2v) is 5.70. The van der Waals surface area contributed by atoms with Crippen LogP contribution in [-0.4, -0.2) is 60.3 Å². The van der Waals surface area contributed by atoms with Crippen LogP contribution in [0.5, 0.6) is 0 Å². The average Bonchev–Trinajstić information content (AvgIpc) is 2.23. The largest absolute Gasteiger partial charge is 0.458 e. The monoisotopic (exact) mass is 417 g/mol. The number of nitrogens with zero attached hydrogens (tertiary/aromatic N) is 1. The summed E-state index contributed by atoms with van der Waals surface area (Å²) in [6.07, 6.45) is -1.34. The summed E-state index contributed by atoms with van der Waals surface area (Å²) < 4.78 is 16.2. The van der Waals surface area contributed by atoms with Crippen LogP contribution in [0.2, 0.25) is 0 Å². The van der Waals surface area contributed by atoms with Gasteiger partial charge in [-0.05, 0) is 21.0 Å². The Bertz CT molecular complexity index is 325. The summed E-state index contributed by atoms with van der Waals surface area (Å²) in [5.74, 6) is -0.789. The first-order chi connectivity index (χ1) is 8.73. The van der Waals surface area contributed by atoms with Crippen LogP contribution in [0.3, 0.4) is 0 Å². The fourth-order valence-electron chi connectivity index (χ4n) is 2.24. The Morgan fingerprint density at radius 2 is 1.55 bits per heavy atom. The van der Waals surface area contributed by atoms with Crippen LogP contribution in [-0.2, 0) is 23.8 Å². The zero-order chi connectivity index (χ0) is 14.7. The van der Waals surface area contributed by atoms with Gasteiger partial charge in [0.1, 0.15) is 6.10 Å². The fraction of sp³-hybridized carbons (Fsp3) is 0.833. The highest BCUT2D eigenvalue weighted by Gasteiger charge is 2.48. The Kier molecular flexibility index (Phi) is 8.23. The van der Waals surface area contributed by atoms with Crippen molar-refractivity contribution in [3.8, 4) is 0 Å². The molecule has 0 unspecified atom stereocenters. The minimum atomic E-state index is -0.548. The third-order valence-corrected chi connectivity index (χ3v) is 3.68. The van der Waals surface area contributed by atoms with Gasteiger partial charge in [-0.15, -0.1) is 17.0 Å². The lowest BCUT2D eigenvalue weighted by Crippen LogP contribution is -2.62. The SMILES string of the molecule is Br.CC(=O)O[C@H]1[C@H](N(C)C)[C@H](OC(C)=O)[C@@H](Br)O[C@@H]1C. The molecule has 0 spiro atoms. The van der Waals surface area contributed by atoms with Gasteiger partial charge < -0.3 is 14.2 Å². The maximum absolute atomic E-state index is 11.2. The second-order valence-electron chi connectivity index (χ2n) is 4.79. The van der Waals surface area contributed by atoms with E-state index < -0.39 is 23.2 Å². The van der Waals surface area contributed by atoms with Gasteiger partial charge >= 0.3 is 11.9 Å². The molecule has 0 aliphatic carbocycles. The molecule has 0 radical (unpaired) electrons. The van der Waals surface area contributed by atoms with Gasteiger partial charge in [-0.3, -0.25) is 14.5 Å². The molecule has 1 rings (SSSR count). The molecule has 0 aromatic rings. The highest BCUT2D eigenvalue weighted by atomic mass is 79.9. The van der Waals surface area contributed by atoms with E-state index in [4.69, 9.17) is 14.2 Å². The van der Waals surface area contributed by atoms with Crippen LogP contribution < -0.4 is 0 Å². The van der Waals surface area contributed by atoms with Gasteiger partial charge in [0.25, 0.3) is 0 Å². The third-order valence-electron chi connectivity index (χ3n) is 2.94. The molecule has 6 nitrogen and oxygen atoms in total. The zero-order valence-corrected chi connectivity index (χ0v) is 15.5. The molecule has 0 aromatic carbocycles. The Balaban J connectivity index is 0.00000361. The van der Waals surface area contributed by atoms with Gasteiger partial charge in [-0.25, -0.2) is 0 Å². The summed E-state index contributed by atoms with van der Waals surface area (Å²) in [5, 5.41) is -0.439. The number of likely N-dealkylation sites (N-methyl/N-ethyl adjacent to an activating group) is 1. The van der Waals surface area contributed by atoms with E-state index in [0.717, 1.165) is 0 Å². The molecule has 1 aliphatic heterocycles. The molecule has 20 heavy (non-hydrogen) atoms. The standard InChI is InChI=1S/C12H20BrNO5.BrH/c1-6-10(18-7(2)15)9(14(4)5)11(12(13)17-6)19-8(3)16;/h6,9-12H,1-5H3;1H/t6-,9+,10-,11+,12+;/m1./s1. The van der Waals surface area contributed by atoms with Crippen molar-refractivity contribution in [1.29, 1.82) is 0 Å². The number of esters is 2. The number of halogens is 2. The molecular weight excluding hydrogens is 398 g/mol. The molecule has 0 aromatic heterocycles. The Morgan fingerprint density at radius 3 is 1.95 bits per heavy atom. The van der Waals surface area contributed by atoms with E-state index in [1.165, 1.54) is 13.8 Å². The van der Waals surface area contributed by atoms with E-state index in [1.54, 1.807) is 0 Å². The van der Waals surface area contributed by atoms with E-state index in [-0.39, 0.29) is 35.1 Å². The fourth-order valence-corrected chi connectivity index (χ4v) is 3.00. The molecule has 1 aliphatic rings. The van der Waals surface area contributed by atoms with Crippen molar-refractivity contribution < 1.29 is 23.8 Å². The van der Waals surface area contributed by atoms with Gasteiger partial charge in [0.15, 0.2) is 11.1 Å². The molecule has 0 bridgehead atoms. The van der Waals surface area contributed by atoms with E-state index in [9.17, 15) is 9.59 Å². The van der Waals surface area contributed by atoms with Gasteiger partial charge in [0, 0.05) is 13.8 Å². The normalized spacial score (nSPS) is 33.2. The van der Waals surface area contributed by atoms with Crippen LogP contribution in [0.1, 0.15) is 20.8 Å². The topological polar surface area (TPSA) is 65.1 Å². The number of rotatable bonds is 3. The maximum Gasteiger partial charge on any atom is 0.303 e. The van der Waals surface area contributed by atoms with Crippen LogP contribution in [0.15, 0.2) is 0 Å². The van der Waals surface area contributed by atoms with Gasteiger partial charge in [0.05, 0.1) is 12.1 Å². The molecule has 5 atom stereocenters. The van der Waals surface area contributed by atoms with E-state index in [0.29, 0.717) is 0 Å². The molecule has 0 amide bonds. The zero-order valence-electron chi connectivity index (χ0n) is 12.2. The van der Waals surface area contributed by atoms with E-state index >= 15 is 0 Å². The maximum atomic E-state index is 11.2. The first-order valence-electron chi connectivity index (χ1n) is 6.04. The highest BCUT2D eigenvalue weighted by molar-refractivity contribution is 9.09. The quantitative estimate of drug-likeness (QED) is 0.511. The van der Waals surface area contributed by atoms with Crippen molar-refractivity contribution in [3.05, 3.63) is 0 Å². The predicted molar refractivity (Wildman–Crippen MR) is 82.2 cm³/mol. The number of hydrogen-bond donors (Lipinski definition) is 0. The van der Waals surface area contributed by atoms with Crippen molar-refractivity contribution in [2.45, 2.75) is 50.1 Å². The summed E-state index contributed by atoms with van der Waals surface area (Å²) in [7, 11) is 3.69. The molecule has 118 valence electrons. The highest BCUT2D eigenvalue weighted by Crippen LogP contribution is 2.31. The van der Waals surface area contributed by atoms with Gasteiger partial charge in [-0.2, -0.15) is 0 Å². The number of carbonyl (C=O) groups is 2. The molecule has 0 N–H and O–H groups in total. The van der Waals surface area contributed by atoms with Crippen molar-refractivity contribution in [2.24, 2.45) is 0 Å². The Labute approximate surface area is 138 Å². The van der Waals surface area contributed by atoms with Gasteiger partial charge in [-0.1, -0.05) is 15.9 Å². The third kappa shape index (κ3) is 4.98. The summed E-state index contributed by atoms with van der Waals surface area (Å²) in [6, 6.07) is -0.277. The van der Waals surface area contributed by atoms with Crippen LogP contribution >= 0.6 is 32.9 Å². The van der Waals surface area contributed by atoms with E-state index in [1.807, 2.05) is 25.9 Å². The molecular formula is C12H21Br2NO5. The van der Waals surface area contributed by atoms with Crippen LogP contribution in [0.25, 0.3) is 0 Å². The predicted octanol–water partition coefficient (Wildman–Crippen LogP) is 1.50. The average molecular weight is 419 g/mol. The first-order valence-corrected chi connectivity index (χ1v) is 6.96. The Morgan fingerprint density at radius 1 is 1.10 bits per heavy atom. The van der Waals surface area contributed by atoms with Crippen LogP contribution in [0.4, 0.5) is 0 Å². The number of alkyl halides is 1. The molecule has 8 heteroatoms. The summed E-state index contributed by atoms with van der Waals surface area (Å²) in [4.78, 5) is 24.3. The number of ether oxygens (including phenoxy) is 3. The lowest BCUT2D eigenvalue weighted by atomic mass is 9.96. The molecule has 1 saturated heterocycles. The molecule has 1 heterocycles. The minimum absolute atomic E-state index is 0. The molecule has 1 fully saturated rings. The second kappa shape index (κ2) is 8.31.